The van der Waals surface area contributed by atoms with Crippen LogP contribution < -0.4 is 0 Å². The van der Waals surface area contributed by atoms with Crippen LogP contribution in [0.1, 0.15) is 46.0 Å². The largest absolute Gasteiger partial charge is 0.465 e. The Kier molecular flexibility index (Phi) is 8.35. The standard InChI is InChI=1S/C16H23FO2S/c1-3-5-6-7-8-15(16(18)19-4-2)20-14-11-9-13(17)10-12-14/h9-12,15H,3-8H2,1-2H3. The lowest BCUT2D eigenvalue weighted by atomic mass is 10.1. The minimum Gasteiger partial charge on any atom is -0.465 e. The monoisotopic (exact) mass is 298 g/mol. The zero-order valence-electron chi connectivity index (χ0n) is 12.2. The highest BCUT2D eigenvalue weighted by molar-refractivity contribution is 8.00. The van der Waals surface area contributed by atoms with Crippen LogP contribution in [0, 0.1) is 5.82 Å². The molecule has 0 aliphatic rings. The van der Waals surface area contributed by atoms with Gasteiger partial charge in [-0.1, -0.05) is 32.6 Å². The number of hydrogen-bond acceptors (Lipinski definition) is 3. The van der Waals surface area contributed by atoms with Crippen LogP contribution in [0.4, 0.5) is 4.39 Å². The molecule has 20 heavy (non-hydrogen) atoms. The molecule has 0 saturated heterocycles. The van der Waals surface area contributed by atoms with Gasteiger partial charge in [0.25, 0.3) is 0 Å². The van der Waals surface area contributed by atoms with Crippen LogP contribution in [0.15, 0.2) is 29.2 Å². The first kappa shape index (κ1) is 17.0. The second kappa shape index (κ2) is 9.81. The highest BCUT2D eigenvalue weighted by Crippen LogP contribution is 2.28. The molecule has 0 heterocycles. The summed E-state index contributed by atoms with van der Waals surface area (Å²) in [6, 6.07) is 6.25. The van der Waals surface area contributed by atoms with Crippen molar-refractivity contribution in [3.8, 4) is 0 Å². The molecule has 1 atom stereocenters. The second-order valence-electron chi connectivity index (χ2n) is 4.66. The molecule has 1 aromatic rings. The zero-order chi connectivity index (χ0) is 14.8. The van der Waals surface area contributed by atoms with Gasteiger partial charge in [0.05, 0.1) is 6.61 Å². The molecule has 0 N–H and O–H groups in total. The van der Waals surface area contributed by atoms with Crippen LogP contribution in [-0.2, 0) is 9.53 Å². The highest BCUT2D eigenvalue weighted by Gasteiger charge is 2.20. The minimum atomic E-state index is -0.259. The van der Waals surface area contributed by atoms with Crippen molar-refractivity contribution < 1.29 is 13.9 Å². The molecular weight excluding hydrogens is 275 g/mol. The van der Waals surface area contributed by atoms with Gasteiger partial charge >= 0.3 is 5.97 Å². The Morgan fingerprint density at radius 1 is 1.20 bits per heavy atom. The van der Waals surface area contributed by atoms with Gasteiger partial charge in [-0.2, -0.15) is 0 Å². The van der Waals surface area contributed by atoms with Crippen molar-refractivity contribution >= 4 is 17.7 Å². The molecule has 2 nitrogen and oxygen atoms in total. The number of thioether (sulfide) groups is 1. The van der Waals surface area contributed by atoms with Gasteiger partial charge in [-0.15, -0.1) is 11.8 Å². The van der Waals surface area contributed by atoms with Crippen LogP contribution in [0.2, 0.25) is 0 Å². The van der Waals surface area contributed by atoms with Gasteiger partial charge in [-0.05, 0) is 37.6 Å². The van der Waals surface area contributed by atoms with E-state index in [2.05, 4.69) is 6.92 Å². The molecule has 0 spiro atoms. The Hall–Kier alpha value is -1.03. The summed E-state index contributed by atoms with van der Waals surface area (Å²) < 4.78 is 18.0. The topological polar surface area (TPSA) is 26.3 Å². The Labute approximate surface area is 125 Å². The number of ether oxygens (including phenoxy) is 1. The lowest BCUT2D eigenvalue weighted by Crippen LogP contribution is -2.20. The predicted octanol–water partition coefficient (Wildman–Crippen LogP) is 4.82. The van der Waals surface area contributed by atoms with Gasteiger partial charge in [-0.3, -0.25) is 4.79 Å². The summed E-state index contributed by atoms with van der Waals surface area (Å²) in [5.41, 5.74) is 0. The summed E-state index contributed by atoms with van der Waals surface area (Å²) in [6.45, 7) is 4.37. The van der Waals surface area contributed by atoms with Gasteiger partial charge in [-0.25, -0.2) is 4.39 Å². The molecule has 0 aliphatic heterocycles. The molecule has 0 saturated carbocycles. The maximum atomic E-state index is 12.9. The molecule has 0 fully saturated rings. The molecule has 4 heteroatoms. The van der Waals surface area contributed by atoms with Crippen molar-refractivity contribution in [2.75, 3.05) is 6.61 Å². The zero-order valence-corrected chi connectivity index (χ0v) is 13.0. The second-order valence-corrected chi connectivity index (χ2v) is 5.94. The van der Waals surface area contributed by atoms with Gasteiger partial charge < -0.3 is 4.74 Å². The summed E-state index contributed by atoms with van der Waals surface area (Å²) in [7, 11) is 0. The normalized spacial score (nSPS) is 12.2. The number of rotatable bonds is 9. The van der Waals surface area contributed by atoms with Crippen molar-refractivity contribution in [3.63, 3.8) is 0 Å². The minimum absolute atomic E-state index is 0.168. The van der Waals surface area contributed by atoms with Crippen molar-refractivity contribution in [2.24, 2.45) is 0 Å². The fourth-order valence-electron chi connectivity index (χ4n) is 1.89. The van der Waals surface area contributed by atoms with E-state index < -0.39 is 0 Å². The molecule has 0 bridgehead atoms. The summed E-state index contributed by atoms with van der Waals surface area (Å²) in [6.07, 6.45) is 5.33. The third kappa shape index (κ3) is 6.42. The van der Waals surface area contributed by atoms with Crippen LogP contribution >= 0.6 is 11.8 Å². The van der Waals surface area contributed by atoms with Crippen LogP contribution in [0.5, 0.6) is 0 Å². The van der Waals surface area contributed by atoms with Crippen molar-refractivity contribution in [2.45, 2.75) is 56.1 Å². The highest BCUT2D eigenvalue weighted by atomic mass is 32.2. The van der Waals surface area contributed by atoms with E-state index in [1.54, 1.807) is 12.1 Å². The lowest BCUT2D eigenvalue weighted by Gasteiger charge is -2.15. The Morgan fingerprint density at radius 2 is 1.90 bits per heavy atom. The first-order chi connectivity index (χ1) is 9.67. The Morgan fingerprint density at radius 3 is 2.50 bits per heavy atom. The van der Waals surface area contributed by atoms with E-state index in [9.17, 15) is 9.18 Å². The summed E-state index contributed by atoms with van der Waals surface area (Å²) in [5, 5.41) is -0.197. The molecule has 0 aromatic heterocycles. The number of unbranched alkanes of at least 4 members (excludes halogenated alkanes) is 3. The number of esters is 1. The Balaban J connectivity index is 2.56. The molecule has 0 radical (unpaired) electrons. The lowest BCUT2D eigenvalue weighted by molar-refractivity contribution is -0.142. The van der Waals surface area contributed by atoms with E-state index in [1.807, 2.05) is 6.92 Å². The molecular formula is C16H23FO2S. The third-order valence-electron chi connectivity index (χ3n) is 2.96. The number of halogens is 1. The maximum absolute atomic E-state index is 12.9. The third-order valence-corrected chi connectivity index (χ3v) is 4.22. The molecule has 0 amide bonds. The molecule has 1 rings (SSSR count). The maximum Gasteiger partial charge on any atom is 0.319 e. The molecule has 1 aromatic carbocycles. The SMILES string of the molecule is CCCCCCC(Sc1ccc(F)cc1)C(=O)OCC. The van der Waals surface area contributed by atoms with Crippen molar-refractivity contribution in [1.29, 1.82) is 0 Å². The van der Waals surface area contributed by atoms with Gasteiger partial charge in [0.15, 0.2) is 0 Å². The van der Waals surface area contributed by atoms with E-state index in [0.717, 1.165) is 24.2 Å². The average Bonchev–Trinajstić information content (AvgIpc) is 2.44. The van der Waals surface area contributed by atoms with E-state index in [-0.39, 0.29) is 17.0 Å². The van der Waals surface area contributed by atoms with E-state index in [1.165, 1.54) is 36.7 Å². The summed E-state index contributed by atoms with van der Waals surface area (Å²) in [5.74, 6) is -0.427. The van der Waals surface area contributed by atoms with E-state index >= 15 is 0 Å². The number of benzene rings is 1. The van der Waals surface area contributed by atoms with Crippen molar-refractivity contribution in [3.05, 3.63) is 30.1 Å². The predicted molar refractivity (Wildman–Crippen MR) is 81.4 cm³/mol. The van der Waals surface area contributed by atoms with Gasteiger partial charge in [0.2, 0.25) is 0 Å². The first-order valence-electron chi connectivity index (χ1n) is 7.26. The molecule has 0 aliphatic carbocycles. The van der Waals surface area contributed by atoms with Crippen molar-refractivity contribution in [1.82, 2.24) is 0 Å². The Bertz CT molecular complexity index is 392. The van der Waals surface area contributed by atoms with Gasteiger partial charge in [0.1, 0.15) is 11.1 Å². The van der Waals surface area contributed by atoms with Crippen LogP contribution in [0.3, 0.4) is 0 Å². The smallest absolute Gasteiger partial charge is 0.319 e. The number of carbonyl (C=O) groups excluding carboxylic acids is 1. The quantitative estimate of drug-likeness (QED) is 0.371. The molecule has 1 unspecified atom stereocenters. The van der Waals surface area contributed by atoms with Gasteiger partial charge in [0, 0.05) is 4.90 Å². The van der Waals surface area contributed by atoms with Crippen LogP contribution in [-0.4, -0.2) is 17.8 Å². The molecule has 112 valence electrons. The fourth-order valence-corrected chi connectivity index (χ4v) is 2.96. The first-order valence-corrected chi connectivity index (χ1v) is 8.14. The number of hydrogen-bond donors (Lipinski definition) is 0. The van der Waals surface area contributed by atoms with Crippen LogP contribution in [0.25, 0.3) is 0 Å². The fraction of sp³-hybridized carbons (Fsp3) is 0.562. The number of carbonyl (C=O) groups is 1. The average molecular weight is 298 g/mol. The van der Waals surface area contributed by atoms with E-state index in [4.69, 9.17) is 4.74 Å². The summed E-state index contributed by atoms with van der Waals surface area (Å²) in [4.78, 5) is 12.9. The van der Waals surface area contributed by atoms with E-state index in [0.29, 0.717) is 6.61 Å². The summed E-state index contributed by atoms with van der Waals surface area (Å²) >= 11 is 1.46.